The van der Waals surface area contributed by atoms with Crippen molar-refractivity contribution in [3.8, 4) is 5.75 Å². The first-order valence-electron chi connectivity index (χ1n) is 8.74. The number of hydrogen-bond acceptors (Lipinski definition) is 5. The molecule has 0 unspecified atom stereocenters. The van der Waals surface area contributed by atoms with E-state index in [1.54, 1.807) is 24.4 Å². The van der Waals surface area contributed by atoms with Gasteiger partial charge < -0.3 is 21.1 Å². The van der Waals surface area contributed by atoms with E-state index in [4.69, 9.17) is 10.5 Å². The molecule has 0 aliphatic heterocycles. The number of rotatable bonds is 5. The number of nitrogens with one attached hydrogen (secondary N) is 2. The second-order valence-corrected chi connectivity index (χ2v) is 6.20. The van der Waals surface area contributed by atoms with Crippen molar-refractivity contribution in [2.45, 2.75) is 20.3 Å². The van der Waals surface area contributed by atoms with Crippen LogP contribution >= 0.6 is 0 Å². The number of carbonyl (C=O) groups excluding carboxylic acids is 2. The second-order valence-electron chi connectivity index (χ2n) is 6.20. The predicted octanol–water partition coefficient (Wildman–Crippen LogP) is 3.25. The maximum Gasteiger partial charge on any atom is 0.323 e. The fraction of sp³-hybridized carbons (Fsp3) is 0.200. The zero-order chi connectivity index (χ0) is 20.3. The van der Waals surface area contributed by atoms with Gasteiger partial charge in [0.1, 0.15) is 11.3 Å². The molecule has 2 heterocycles. The summed E-state index contributed by atoms with van der Waals surface area (Å²) < 4.78 is 5.30. The summed E-state index contributed by atoms with van der Waals surface area (Å²) in [5.41, 5.74) is 9.44. The molecule has 28 heavy (non-hydrogen) atoms. The summed E-state index contributed by atoms with van der Waals surface area (Å²) in [6, 6.07) is 8.13. The number of benzene rings is 1. The van der Waals surface area contributed by atoms with E-state index in [0.717, 1.165) is 11.3 Å². The molecular formula is C20H21N5O3. The summed E-state index contributed by atoms with van der Waals surface area (Å²) in [4.78, 5) is 33.0. The third-order valence-corrected chi connectivity index (χ3v) is 4.21. The molecule has 1 aromatic carbocycles. The van der Waals surface area contributed by atoms with Crippen molar-refractivity contribution in [2.75, 3.05) is 17.7 Å². The Morgan fingerprint density at radius 1 is 1.21 bits per heavy atom. The van der Waals surface area contributed by atoms with Gasteiger partial charge in [-0.25, -0.2) is 4.79 Å². The number of ether oxygens (including phenoxy) is 1. The number of nitrogens with zero attached hydrogens (tertiary/aromatic N) is 2. The Hall–Kier alpha value is -3.68. The fourth-order valence-corrected chi connectivity index (χ4v) is 3.02. The minimum Gasteiger partial charge on any atom is -0.496 e. The van der Waals surface area contributed by atoms with Gasteiger partial charge in [-0.1, -0.05) is 6.92 Å². The van der Waals surface area contributed by atoms with Gasteiger partial charge in [0.05, 0.1) is 23.9 Å². The lowest BCUT2D eigenvalue weighted by molar-refractivity contribution is 0.0997. The van der Waals surface area contributed by atoms with Crippen molar-refractivity contribution in [1.82, 2.24) is 9.97 Å². The standard InChI is InChI=1S/C20H21N5O3/c1-4-12-9-13(10-14(19(21)26)18(12)28-3)24-20(27)25-16-8-11(2)23-15-6-5-7-22-17(15)16/h5-10H,4H2,1-3H3,(H2,21,26)(H2,23,24,25,27). The number of fused-ring (bicyclic) bond motifs is 1. The largest absolute Gasteiger partial charge is 0.496 e. The number of nitrogens with two attached hydrogens (primary N) is 1. The summed E-state index contributed by atoms with van der Waals surface area (Å²) in [5, 5.41) is 5.52. The van der Waals surface area contributed by atoms with E-state index in [1.807, 2.05) is 19.9 Å². The number of methoxy groups -OCH3 is 1. The highest BCUT2D eigenvalue weighted by Gasteiger charge is 2.16. The predicted molar refractivity (Wildman–Crippen MR) is 108 cm³/mol. The molecule has 2 aromatic heterocycles. The van der Waals surface area contributed by atoms with Crippen molar-refractivity contribution in [3.05, 3.63) is 53.3 Å². The van der Waals surface area contributed by atoms with Crippen LogP contribution in [0.2, 0.25) is 0 Å². The summed E-state index contributed by atoms with van der Waals surface area (Å²) in [6.07, 6.45) is 2.25. The molecule has 0 saturated heterocycles. The van der Waals surface area contributed by atoms with Crippen LogP contribution in [0.25, 0.3) is 11.0 Å². The van der Waals surface area contributed by atoms with Crippen LogP contribution in [0.3, 0.4) is 0 Å². The first kappa shape index (κ1) is 19.1. The molecule has 0 aliphatic carbocycles. The number of aryl methyl sites for hydroxylation is 2. The maximum atomic E-state index is 12.6. The van der Waals surface area contributed by atoms with Crippen molar-refractivity contribution in [3.63, 3.8) is 0 Å². The Balaban J connectivity index is 1.90. The van der Waals surface area contributed by atoms with E-state index in [0.29, 0.717) is 34.6 Å². The molecule has 0 aliphatic rings. The van der Waals surface area contributed by atoms with Crippen molar-refractivity contribution in [2.24, 2.45) is 5.73 Å². The van der Waals surface area contributed by atoms with Gasteiger partial charge >= 0.3 is 6.03 Å². The van der Waals surface area contributed by atoms with Crippen LogP contribution in [0, 0.1) is 6.92 Å². The van der Waals surface area contributed by atoms with Crippen molar-refractivity contribution < 1.29 is 14.3 Å². The van der Waals surface area contributed by atoms with E-state index < -0.39 is 11.9 Å². The number of primary amides is 1. The van der Waals surface area contributed by atoms with Crippen molar-refractivity contribution in [1.29, 1.82) is 0 Å². The summed E-state index contributed by atoms with van der Waals surface area (Å²) in [5.74, 6) is -0.212. The molecule has 3 rings (SSSR count). The number of carbonyl (C=O) groups is 2. The number of anilines is 2. The van der Waals surface area contributed by atoms with Gasteiger partial charge in [-0.3, -0.25) is 14.8 Å². The third-order valence-electron chi connectivity index (χ3n) is 4.21. The number of aromatic nitrogens is 2. The quantitative estimate of drug-likeness (QED) is 0.629. The molecule has 0 fully saturated rings. The monoisotopic (exact) mass is 379 g/mol. The van der Waals surface area contributed by atoms with Gasteiger partial charge in [0.25, 0.3) is 5.91 Å². The Bertz CT molecular complexity index is 1070. The minimum atomic E-state index is -0.629. The lowest BCUT2D eigenvalue weighted by Gasteiger charge is -2.15. The Labute approximate surface area is 162 Å². The first-order chi connectivity index (χ1) is 13.4. The molecule has 144 valence electrons. The second kappa shape index (κ2) is 7.91. The number of amides is 3. The molecular weight excluding hydrogens is 358 g/mol. The van der Waals surface area contributed by atoms with E-state index in [-0.39, 0.29) is 5.56 Å². The highest BCUT2D eigenvalue weighted by molar-refractivity contribution is 6.05. The van der Waals surface area contributed by atoms with Gasteiger partial charge in [0.15, 0.2) is 0 Å². The Kier molecular flexibility index (Phi) is 5.39. The molecule has 0 bridgehead atoms. The average Bonchev–Trinajstić information content (AvgIpc) is 2.66. The number of hydrogen-bond donors (Lipinski definition) is 3. The number of urea groups is 1. The minimum absolute atomic E-state index is 0.212. The van der Waals surface area contributed by atoms with Crippen LogP contribution in [-0.4, -0.2) is 29.0 Å². The van der Waals surface area contributed by atoms with Gasteiger partial charge in [-0.05, 0) is 49.2 Å². The lowest BCUT2D eigenvalue weighted by atomic mass is 10.0. The van der Waals surface area contributed by atoms with Crippen LogP contribution in [-0.2, 0) is 6.42 Å². The molecule has 3 amide bonds. The van der Waals surface area contributed by atoms with Crippen LogP contribution < -0.4 is 21.1 Å². The SMILES string of the molecule is CCc1cc(NC(=O)Nc2cc(C)nc3cccnc23)cc(C(N)=O)c1OC. The average molecular weight is 379 g/mol. The smallest absolute Gasteiger partial charge is 0.323 e. The van der Waals surface area contributed by atoms with Crippen LogP contribution in [0.4, 0.5) is 16.2 Å². The van der Waals surface area contributed by atoms with E-state index >= 15 is 0 Å². The van der Waals surface area contributed by atoms with Gasteiger partial charge in [-0.15, -0.1) is 0 Å². The fourth-order valence-electron chi connectivity index (χ4n) is 3.02. The lowest BCUT2D eigenvalue weighted by Crippen LogP contribution is -2.21. The Morgan fingerprint density at radius 2 is 2.00 bits per heavy atom. The summed E-state index contributed by atoms with van der Waals surface area (Å²) >= 11 is 0. The van der Waals surface area contributed by atoms with Crippen LogP contribution in [0.1, 0.15) is 28.5 Å². The van der Waals surface area contributed by atoms with Crippen molar-refractivity contribution >= 4 is 34.3 Å². The first-order valence-corrected chi connectivity index (χ1v) is 8.74. The van der Waals surface area contributed by atoms with Gasteiger partial charge in [-0.2, -0.15) is 0 Å². The molecule has 0 saturated carbocycles. The van der Waals surface area contributed by atoms with E-state index in [1.165, 1.54) is 13.2 Å². The molecule has 4 N–H and O–H groups in total. The number of pyridine rings is 2. The normalized spacial score (nSPS) is 10.5. The maximum absolute atomic E-state index is 12.6. The zero-order valence-corrected chi connectivity index (χ0v) is 15.9. The molecule has 3 aromatic rings. The van der Waals surface area contributed by atoms with Crippen LogP contribution in [0.15, 0.2) is 36.5 Å². The molecule has 0 spiro atoms. The third kappa shape index (κ3) is 3.85. The molecule has 0 atom stereocenters. The molecule has 0 radical (unpaired) electrons. The molecule has 8 heteroatoms. The van der Waals surface area contributed by atoms with E-state index in [2.05, 4.69) is 20.6 Å². The summed E-state index contributed by atoms with van der Waals surface area (Å²) in [6.45, 7) is 3.76. The highest BCUT2D eigenvalue weighted by atomic mass is 16.5. The topological polar surface area (TPSA) is 119 Å². The Morgan fingerprint density at radius 3 is 2.68 bits per heavy atom. The highest BCUT2D eigenvalue weighted by Crippen LogP contribution is 2.29. The van der Waals surface area contributed by atoms with Gasteiger partial charge in [0, 0.05) is 17.6 Å². The van der Waals surface area contributed by atoms with Crippen LogP contribution in [0.5, 0.6) is 5.75 Å². The van der Waals surface area contributed by atoms with E-state index in [9.17, 15) is 9.59 Å². The zero-order valence-electron chi connectivity index (χ0n) is 15.9. The van der Waals surface area contributed by atoms with Gasteiger partial charge in [0.2, 0.25) is 0 Å². The summed E-state index contributed by atoms with van der Waals surface area (Å²) in [7, 11) is 1.48. The molecule has 8 nitrogen and oxygen atoms in total.